The molecular formula is C14H18ClN5O4. The van der Waals surface area contributed by atoms with E-state index < -0.39 is 29.0 Å². The summed E-state index contributed by atoms with van der Waals surface area (Å²) < 4.78 is 0. The molecule has 2 rings (SSSR count). The van der Waals surface area contributed by atoms with Crippen molar-refractivity contribution in [3.05, 3.63) is 39.4 Å². The zero-order valence-electron chi connectivity index (χ0n) is 12.7. The van der Waals surface area contributed by atoms with Crippen LogP contribution in [0.25, 0.3) is 0 Å². The van der Waals surface area contributed by atoms with E-state index in [2.05, 4.69) is 10.6 Å². The highest BCUT2D eigenvalue weighted by Gasteiger charge is 2.40. The first-order chi connectivity index (χ1) is 10.9. The lowest BCUT2D eigenvalue weighted by atomic mass is 9.85. The van der Waals surface area contributed by atoms with Gasteiger partial charge in [-0.05, 0) is 24.6 Å². The lowest BCUT2D eigenvalue weighted by Gasteiger charge is -2.32. The lowest BCUT2D eigenvalue weighted by molar-refractivity contribution is -0.384. The van der Waals surface area contributed by atoms with Crippen LogP contribution in [-0.2, 0) is 10.3 Å². The molecule has 24 heavy (non-hydrogen) atoms. The largest absolute Gasteiger partial charge is 0.394 e. The molecule has 2 atom stereocenters. The standard InChI is InChI=1S/C14H17N5O4.ClH/c15-6-9-5-10(19(22)23)1-2-11(9)14(3-4-17-8-14)18-13(21)12(16)7-20;/h1-2,5,12,17,20H,3-4,7-8,16H2,(H,18,21);1H/t12-,14+;/m0./s1. The average molecular weight is 356 g/mol. The van der Waals surface area contributed by atoms with Gasteiger partial charge < -0.3 is 21.5 Å². The number of aliphatic hydroxyl groups excluding tert-OH is 1. The Morgan fingerprint density at radius 3 is 2.83 bits per heavy atom. The van der Waals surface area contributed by atoms with Crippen molar-refractivity contribution in [1.29, 1.82) is 5.26 Å². The van der Waals surface area contributed by atoms with Crippen LogP contribution in [0.3, 0.4) is 0 Å². The van der Waals surface area contributed by atoms with Gasteiger partial charge in [0.1, 0.15) is 6.04 Å². The Balaban J connectivity index is 0.00000288. The molecule has 0 spiro atoms. The summed E-state index contributed by atoms with van der Waals surface area (Å²) in [6.45, 7) is 0.473. The number of amides is 1. The van der Waals surface area contributed by atoms with Gasteiger partial charge in [-0.3, -0.25) is 14.9 Å². The second-order valence-electron chi connectivity index (χ2n) is 5.39. The van der Waals surface area contributed by atoms with Crippen molar-refractivity contribution in [2.75, 3.05) is 19.7 Å². The Labute approximate surface area is 144 Å². The molecule has 130 valence electrons. The zero-order chi connectivity index (χ0) is 17.0. The number of nitrogens with one attached hydrogen (secondary N) is 2. The molecule has 0 bridgehead atoms. The monoisotopic (exact) mass is 355 g/mol. The van der Waals surface area contributed by atoms with Gasteiger partial charge in [0.2, 0.25) is 5.91 Å². The molecular weight excluding hydrogens is 338 g/mol. The highest BCUT2D eigenvalue weighted by Crippen LogP contribution is 2.32. The smallest absolute Gasteiger partial charge is 0.270 e. The summed E-state index contributed by atoms with van der Waals surface area (Å²) in [5, 5.41) is 35.1. The van der Waals surface area contributed by atoms with Gasteiger partial charge in [0.15, 0.2) is 0 Å². The predicted molar refractivity (Wildman–Crippen MR) is 87.4 cm³/mol. The highest BCUT2D eigenvalue weighted by molar-refractivity contribution is 5.85. The summed E-state index contributed by atoms with van der Waals surface area (Å²) in [6, 6.07) is 4.84. The maximum absolute atomic E-state index is 12.1. The van der Waals surface area contributed by atoms with E-state index in [0.717, 1.165) is 0 Å². The summed E-state index contributed by atoms with van der Waals surface area (Å²) in [7, 11) is 0. The van der Waals surface area contributed by atoms with E-state index in [0.29, 0.717) is 25.1 Å². The molecule has 1 aliphatic heterocycles. The second kappa shape index (κ2) is 8.03. The van der Waals surface area contributed by atoms with Crippen LogP contribution in [0.2, 0.25) is 0 Å². The van der Waals surface area contributed by atoms with Crippen LogP contribution in [0, 0.1) is 21.4 Å². The van der Waals surface area contributed by atoms with Gasteiger partial charge in [-0.15, -0.1) is 12.4 Å². The maximum Gasteiger partial charge on any atom is 0.270 e. The molecule has 1 amide bonds. The number of nitrogens with zero attached hydrogens (tertiary/aromatic N) is 2. The van der Waals surface area contributed by atoms with E-state index in [9.17, 15) is 20.2 Å². The minimum absolute atomic E-state index is 0. The number of hydrogen-bond donors (Lipinski definition) is 4. The quantitative estimate of drug-likeness (QED) is 0.410. The van der Waals surface area contributed by atoms with Crippen molar-refractivity contribution in [2.45, 2.75) is 18.0 Å². The van der Waals surface area contributed by atoms with Crippen molar-refractivity contribution in [1.82, 2.24) is 10.6 Å². The molecule has 1 aromatic carbocycles. The Morgan fingerprint density at radius 2 is 2.33 bits per heavy atom. The number of nitriles is 1. The average Bonchev–Trinajstić information content (AvgIpc) is 3.02. The van der Waals surface area contributed by atoms with Gasteiger partial charge in [0.25, 0.3) is 5.69 Å². The fourth-order valence-corrected chi connectivity index (χ4v) is 2.66. The second-order valence-corrected chi connectivity index (χ2v) is 5.39. The van der Waals surface area contributed by atoms with E-state index in [1.807, 2.05) is 6.07 Å². The van der Waals surface area contributed by atoms with Crippen LogP contribution in [0.5, 0.6) is 0 Å². The molecule has 0 saturated carbocycles. The van der Waals surface area contributed by atoms with Crippen LogP contribution in [0.15, 0.2) is 18.2 Å². The predicted octanol–water partition coefficient (Wildman–Crippen LogP) is -0.487. The molecule has 1 aliphatic rings. The van der Waals surface area contributed by atoms with Crippen LogP contribution in [-0.4, -0.2) is 41.7 Å². The number of carbonyl (C=O) groups is 1. The van der Waals surface area contributed by atoms with E-state index in [-0.39, 0.29) is 23.7 Å². The fourth-order valence-electron chi connectivity index (χ4n) is 2.66. The number of benzene rings is 1. The summed E-state index contributed by atoms with van der Waals surface area (Å²) >= 11 is 0. The number of nitro groups is 1. The fraction of sp³-hybridized carbons (Fsp3) is 0.429. The van der Waals surface area contributed by atoms with Crippen molar-refractivity contribution in [3.63, 3.8) is 0 Å². The lowest BCUT2D eigenvalue weighted by Crippen LogP contribution is -2.54. The molecule has 1 aromatic rings. The molecule has 9 nitrogen and oxygen atoms in total. The third-order valence-electron chi connectivity index (χ3n) is 3.90. The zero-order valence-corrected chi connectivity index (χ0v) is 13.5. The number of hydrogen-bond acceptors (Lipinski definition) is 7. The molecule has 0 aromatic heterocycles. The summed E-state index contributed by atoms with van der Waals surface area (Å²) in [5.41, 5.74) is 5.07. The van der Waals surface area contributed by atoms with E-state index in [1.54, 1.807) is 0 Å². The van der Waals surface area contributed by atoms with E-state index in [4.69, 9.17) is 10.8 Å². The molecule has 5 N–H and O–H groups in total. The summed E-state index contributed by atoms with van der Waals surface area (Å²) in [4.78, 5) is 22.3. The first-order valence-electron chi connectivity index (χ1n) is 7.02. The molecule has 1 fully saturated rings. The first kappa shape index (κ1) is 19.8. The van der Waals surface area contributed by atoms with Gasteiger partial charge in [0.05, 0.1) is 28.7 Å². The van der Waals surface area contributed by atoms with Gasteiger partial charge in [-0.1, -0.05) is 0 Å². The molecule has 0 unspecified atom stereocenters. The molecule has 0 aliphatic carbocycles. The molecule has 1 heterocycles. The molecule has 1 saturated heterocycles. The Bertz CT molecular complexity index is 670. The number of nitro benzene ring substituents is 1. The van der Waals surface area contributed by atoms with Crippen molar-refractivity contribution in [3.8, 4) is 6.07 Å². The number of halogens is 1. The summed E-state index contributed by atoms with van der Waals surface area (Å²) in [6.07, 6.45) is 0.503. The Kier molecular flexibility index (Phi) is 6.62. The minimum atomic E-state index is -1.07. The van der Waals surface area contributed by atoms with Crippen molar-refractivity contribution in [2.24, 2.45) is 5.73 Å². The van der Waals surface area contributed by atoms with Crippen LogP contribution >= 0.6 is 12.4 Å². The van der Waals surface area contributed by atoms with Crippen LogP contribution < -0.4 is 16.4 Å². The van der Waals surface area contributed by atoms with E-state index >= 15 is 0 Å². The van der Waals surface area contributed by atoms with Gasteiger partial charge in [0, 0.05) is 18.7 Å². The number of aliphatic hydroxyl groups is 1. The van der Waals surface area contributed by atoms with Crippen molar-refractivity contribution < 1.29 is 14.8 Å². The van der Waals surface area contributed by atoms with Gasteiger partial charge >= 0.3 is 0 Å². The highest BCUT2D eigenvalue weighted by atomic mass is 35.5. The third kappa shape index (κ3) is 3.80. The Hall–Kier alpha value is -2.25. The number of rotatable bonds is 5. The Morgan fingerprint density at radius 1 is 1.62 bits per heavy atom. The molecule has 10 heteroatoms. The maximum atomic E-state index is 12.1. The van der Waals surface area contributed by atoms with E-state index in [1.165, 1.54) is 18.2 Å². The number of carbonyl (C=O) groups excluding carboxylic acids is 1. The van der Waals surface area contributed by atoms with Gasteiger partial charge in [-0.25, -0.2) is 0 Å². The number of non-ortho nitro benzene ring substituents is 1. The first-order valence-corrected chi connectivity index (χ1v) is 7.02. The van der Waals surface area contributed by atoms with Crippen LogP contribution in [0.4, 0.5) is 5.69 Å². The van der Waals surface area contributed by atoms with Gasteiger partial charge in [-0.2, -0.15) is 5.26 Å². The normalized spacial score (nSPS) is 20.5. The number of nitrogens with two attached hydrogens (primary N) is 1. The molecule has 0 radical (unpaired) electrons. The minimum Gasteiger partial charge on any atom is -0.394 e. The SMILES string of the molecule is Cl.N#Cc1cc([N+](=O)[O-])ccc1[C@@]1(NC(=O)[C@@H](N)CO)CCNC1. The summed E-state index contributed by atoms with van der Waals surface area (Å²) in [5.74, 6) is -0.543. The van der Waals surface area contributed by atoms with Crippen molar-refractivity contribution >= 4 is 24.0 Å². The topological polar surface area (TPSA) is 154 Å². The third-order valence-corrected chi connectivity index (χ3v) is 3.90. The van der Waals surface area contributed by atoms with Crippen LogP contribution in [0.1, 0.15) is 17.5 Å².